The Labute approximate surface area is 208 Å². The van der Waals surface area contributed by atoms with Gasteiger partial charge in [-0.2, -0.15) is 0 Å². The number of hydrogen-bond acceptors (Lipinski definition) is 5. The number of carbonyl (C=O) groups is 2. The van der Waals surface area contributed by atoms with Gasteiger partial charge in [-0.15, -0.1) is 0 Å². The standard InChI is InChI=1S/C27H24ClNO4S/c1-3-32-24-14-19(12-13-23(24)33-17-21-10-6-7-11-22(21)28)15-25-26(30)29(27(31)34-25)16-20-9-5-4-8-18(20)2/h4-15H,3,16-17H2,1-2H3/b25-15-. The molecule has 0 aliphatic carbocycles. The van der Waals surface area contributed by atoms with Gasteiger partial charge in [0.25, 0.3) is 11.1 Å². The van der Waals surface area contributed by atoms with Crippen molar-refractivity contribution < 1.29 is 19.1 Å². The molecular weight excluding hydrogens is 470 g/mol. The van der Waals surface area contributed by atoms with Gasteiger partial charge < -0.3 is 9.47 Å². The summed E-state index contributed by atoms with van der Waals surface area (Å²) < 4.78 is 11.7. The number of nitrogens with zero attached hydrogens (tertiary/aromatic N) is 1. The van der Waals surface area contributed by atoms with Crippen LogP contribution in [-0.2, 0) is 17.9 Å². The number of hydrogen-bond donors (Lipinski definition) is 0. The predicted octanol–water partition coefficient (Wildman–Crippen LogP) is 6.86. The number of benzene rings is 3. The Bertz CT molecular complexity index is 1260. The quantitative estimate of drug-likeness (QED) is 0.321. The van der Waals surface area contributed by atoms with Crippen molar-refractivity contribution in [2.75, 3.05) is 6.61 Å². The molecule has 7 heteroatoms. The molecular formula is C27H24ClNO4S. The molecule has 0 aromatic heterocycles. The first-order valence-corrected chi connectivity index (χ1v) is 12.1. The first-order valence-electron chi connectivity index (χ1n) is 10.9. The third kappa shape index (κ3) is 5.46. The van der Waals surface area contributed by atoms with Gasteiger partial charge in [0.05, 0.1) is 18.1 Å². The van der Waals surface area contributed by atoms with E-state index in [1.807, 2.05) is 68.4 Å². The molecule has 0 bridgehead atoms. The lowest BCUT2D eigenvalue weighted by Crippen LogP contribution is -2.27. The van der Waals surface area contributed by atoms with Crippen LogP contribution in [0.15, 0.2) is 71.6 Å². The number of thioether (sulfide) groups is 1. The van der Waals surface area contributed by atoms with Crippen LogP contribution in [-0.4, -0.2) is 22.7 Å². The summed E-state index contributed by atoms with van der Waals surface area (Å²) in [5.41, 5.74) is 3.61. The van der Waals surface area contributed by atoms with Crippen LogP contribution in [0.5, 0.6) is 11.5 Å². The second-order valence-corrected chi connectivity index (χ2v) is 9.11. The molecule has 5 nitrogen and oxygen atoms in total. The van der Waals surface area contributed by atoms with E-state index in [9.17, 15) is 9.59 Å². The fourth-order valence-corrected chi connectivity index (χ4v) is 4.55. The van der Waals surface area contributed by atoms with Gasteiger partial charge in [-0.1, -0.05) is 60.1 Å². The van der Waals surface area contributed by atoms with Gasteiger partial charge in [-0.3, -0.25) is 14.5 Å². The Kier molecular flexibility index (Phi) is 7.60. The maximum absolute atomic E-state index is 13.0. The highest BCUT2D eigenvalue weighted by atomic mass is 35.5. The van der Waals surface area contributed by atoms with Gasteiger partial charge in [-0.25, -0.2) is 0 Å². The van der Waals surface area contributed by atoms with Crippen molar-refractivity contribution in [3.8, 4) is 11.5 Å². The summed E-state index contributed by atoms with van der Waals surface area (Å²) in [5.74, 6) is 0.837. The zero-order valence-corrected chi connectivity index (χ0v) is 20.5. The van der Waals surface area contributed by atoms with Gasteiger partial charge in [0.2, 0.25) is 0 Å². The van der Waals surface area contributed by atoms with Gasteiger partial charge in [0.1, 0.15) is 6.61 Å². The van der Waals surface area contributed by atoms with Crippen LogP contribution in [0.4, 0.5) is 4.79 Å². The van der Waals surface area contributed by atoms with E-state index in [-0.39, 0.29) is 17.7 Å². The van der Waals surface area contributed by atoms with Crippen LogP contribution < -0.4 is 9.47 Å². The minimum Gasteiger partial charge on any atom is -0.490 e. The summed E-state index contributed by atoms with van der Waals surface area (Å²) in [5, 5.41) is 0.364. The molecule has 0 saturated carbocycles. The molecule has 1 aliphatic rings. The van der Waals surface area contributed by atoms with E-state index < -0.39 is 0 Å². The van der Waals surface area contributed by atoms with Crippen molar-refractivity contribution in [1.82, 2.24) is 4.90 Å². The molecule has 0 unspecified atom stereocenters. The van der Waals surface area contributed by atoms with Crippen molar-refractivity contribution >= 4 is 40.6 Å². The summed E-state index contributed by atoms with van der Waals surface area (Å²) in [6, 6.07) is 20.7. The van der Waals surface area contributed by atoms with E-state index in [1.165, 1.54) is 4.90 Å². The summed E-state index contributed by atoms with van der Waals surface area (Å²) in [4.78, 5) is 27.2. The van der Waals surface area contributed by atoms with Gasteiger partial charge in [0, 0.05) is 10.6 Å². The average Bonchev–Trinajstić information content (AvgIpc) is 3.08. The highest BCUT2D eigenvalue weighted by molar-refractivity contribution is 8.18. The normalized spacial score (nSPS) is 14.7. The Morgan fingerprint density at radius 2 is 1.68 bits per heavy atom. The predicted molar refractivity (Wildman–Crippen MR) is 136 cm³/mol. The highest BCUT2D eigenvalue weighted by Gasteiger charge is 2.35. The maximum atomic E-state index is 13.0. The minimum absolute atomic E-state index is 0.258. The van der Waals surface area contributed by atoms with Gasteiger partial charge in [0.15, 0.2) is 11.5 Å². The fraction of sp³-hybridized carbons (Fsp3) is 0.185. The average molecular weight is 494 g/mol. The zero-order chi connectivity index (χ0) is 24.1. The molecule has 3 aromatic rings. The minimum atomic E-state index is -0.296. The lowest BCUT2D eigenvalue weighted by molar-refractivity contribution is -0.123. The molecule has 0 atom stereocenters. The van der Waals surface area contributed by atoms with E-state index >= 15 is 0 Å². The summed E-state index contributed by atoms with van der Waals surface area (Å²) in [6.07, 6.45) is 1.71. The Morgan fingerprint density at radius 1 is 0.941 bits per heavy atom. The number of amides is 2. The third-order valence-corrected chi connectivity index (χ3v) is 6.65. The fourth-order valence-electron chi connectivity index (χ4n) is 3.52. The molecule has 34 heavy (non-hydrogen) atoms. The van der Waals surface area contributed by atoms with Crippen LogP contribution in [0.25, 0.3) is 6.08 Å². The molecule has 0 N–H and O–H groups in total. The molecule has 2 amide bonds. The molecule has 1 fully saturated rings. The van der Waals surface area contributed by atoms with Gasteiger partial charge in [-0.05, 0) is 66.6 Å². The molecule has 1 saturated heterocycles. The summed E-state index contributed by atoms with van der Waals surface area (Å²) in [6.45, 7) is 4.87. The number of rotatable bonds is 8. The number of carbonyl (C=O) groups excluding carboxylic acids is 2. The molecule has 1 heterocycles. The summed E-state index contributed by atoms with van der Waals surface area (Å²) >= 11 is 7.17. The number of aryl methyl sites for hydroxylation is 1. The first-order chi connectivity index (χ1) is 16.5. The second kappa shape index (κ2) is 10.8. The van der Waals surface area contributed by atoms with Crippen molar-refractivity contribution in [1.29, 1.82) is 0 Å². The van der Waals surface area contributed by atoms with Gasteiger partial charge >= 0.3 is 0 Å². The summed E-state index contributed by atoms with van der Waals surface area (Å²) in [7, 11) is 0. The van der Waals surface area contributed by atoms with E-state index in [1.54, 1.807) is 18.2 Å². The van der Waals surface area contributed by atoms with Crippen LogP contribution in [0.2, 0.25) is 5.02 Å². The lowest BCUT2D eigenvalue weighted by atomic mass is 10.1. The molecule has 0 radical (unpaired) electrons. The molecule has 4 rings (SSSR count). The lowest BCUT2D eigenvalue weighted by Gasteiger charge is -2.14. The number of imide groups is 1. The van der Waals surface area contributed by atoms with Crippen LogP contribution in [0, 0.1) is 6.92 Å². The third-order valence-electron chi connectivity index (χ3n) is 5.37. The molecule has 3 aromatic carbocycles. The maximum Gasteiger partial charge on any atom is 0.293 e. The smallest absolute Gasteiger partial charge is 0.293 e. The van der Waals surface area contributed by atoms with E-state index in [0.29, 0.717) is 34.6 Å². The van der Waals surface area contributed by atoms with Crippen molar-refractivity contribution in [3.05, 3.63) is 98.9 Å². The SMILES string of the molecule is CCOc1cc(/C=C2\SC(=O)N(Cc3ccccc3C)C2=O)ccc1OCc1ccccc1Cl. The Balaban J connectivity index is 1.52. The largest absolute Gasteiger partial charge is 0.490 e. The Hall–Kier alpha value is -3.22. The first kappa shape index (κ1) is 23.9. The van der Waals surface area contributed by atoms with Crippen LogP contribution in [0.3, 0.4) is 0 Å². The van der Waals surface area contributed by atoms with E-state index in [2.05, 4.69) is 0 Å². The highest BCUT2D eigenvalue weighted by Crippen LogP contribution is 2.36. The monoisotopic (exact) mass is 493 g/mol. The van der Waals surface area contributed by atoms with Crippen LogP contribution >= 0.6 is 23.4 Å². The van der Waals surface area contributed by atoms with Crippen molar-refractivity contribution in [3.63, 3.8) is 0 Å². The Morgan fingerprint density at radius 3 is 2.41 bits per heavy atom. The van der Waals surface area contributed by atoms with Crippen molar-refractivity contribution in [2.45, 2.75) is 27.0 Å². The molecule has 0 spiro atoms. The second-order valence-electron chi connectivity index (χ2n) is 7.71. The zero-order valence-electron chi connectivity index (χ0n) is 18.9. The van der Waals surface area contributed by atoms with E-state index in [4.69, 9.17) is 21.1 Å². The number of halogens is 1. The van der Waals surface area contributed by atoms with Crippen molar-refractivity contribution in [2.24, 2.45) is 0 Å². The molecule has 1 aliphatic heterocycles. The van der Waals surface area contributed by atoms with Crippen LogP contribution in [0.1, 0.15) is 29.2 Å². The molecule has 174 valence electrons. The number of ether oxygens (including phenoxy) is 2. The van der Waals surface area contributed by atoms with E-state index in [0.717, 1.165) is 34.0 Å². The topological polar surface area (TPSA) is 55.8 Å².